The number of methoxy groups -OCH3 is 6. The van der Waals surface area contributed by atoms with Gasteiger partial charge in [0.25, 0.3) is 5.91 Å². The Kier molecular flexibility index (Phi) is 10.7. The number of fused-ring (bicyclic) bond motifs is 1. The highest BCUT2D eigenvalue weighted by Crippen LogP contribution is 2.41. The van der Waals surface area contributed by atoms with Gasteiger partial charge in [-0.3, -0.25) is 4.79 Å². The number of hydrogen-bond acceptors (Lipinski definition) is 12. The third kappa shape index (κ3) is 7.47. The lowest BCUT2D eigenvalue weighted by Crippen LogP contribution is -2.38. The van der Waals surface area contributed by atoms with E-state index in [4.69, 9.17) is 42.7 Å². The fourth-order valence-electron chi connectivity index (χ4n) is 5.92. The van der Waals surface area contributed by atoms with E-state index in [2.05, 4.69) is 15.8 Å². The number of carbonyl (C=O) groups excluding carboxylic acids is 1. The maximum atomic E-state index is 12.8. The molecule has 13 nitrogen and oxygen atoms in total. The van der Waals surface area contributed by atoms with Gasteiger partial charge in [-0.25, -0.2) is 0 Å². The van der Waals surface area contributed by atoms with Crippen molar-refractivity contribution in [2.75, 3.05) is 61.2 Å². The fourth-order valence-corrected chi connectivity index (χ4v) is 5.92. The van der Waals surface area contributed by atoms with Crippen molar-refractivity contribution in [3.8, 4) is 46.0 Å². The zero-order valence-corrected chi connectivity index (χ0v) is 29.4. The molecule has 0 radical (unpaired) electrons. The Morgan fingerprint density at radius 2 is 1.33 bits per heavy atom. The van der Waals surface area contributed by atoms with Crippen molar-refractivity contribution >= 4 is 17.3 Å². The third-order valence-electron chi connectivity index (χ3n) is 8.60. The summed E-state index contributed by atoms with van der Waals surface area (Å²) in [5, 5.41) is 10.7. The van der Waals surface area contributed by atoms with Crippen LogP contribution < -0.4 is 48.5 Å². The lowest BCUT2D eigenvalue weighted by atomic mass is 9.99. The van der Waals surface area contributed by atoms with E-state index in [1.165, 1.54) is 0 Å². The Morgan fingerprint density at radius 1 is 0.667 bits per heavy atom. The second kappa shape index (κ2) is 15.7. The maximum Gasteiger partial charge on any atom is 0.255 e. The highest BCUT2D eigenvalue weighted by Gasteiger charge is 2.28. The number of carbonyl (C=O) groups is 1. The van der Waals surface area contributed by atoms with Crippen molar-refractivity contribution in [1.29, 1.82) is 0 Å². The molecule has 51 heavy (non-hydrogen) atoms. The molecular formula is C38H41N3O10. The summed E-state index contributed by atoms with van der Waals surface area (Å²) >= 11 is 0. The number of anilines is 1. The lowest BCUT2D eigenvalue weighted by Gasteiger charge is -2.28. The molecule has 6 rings (SSSR count). The van der Waals surface area contributed by atoms with Crippen LogP contribution in [0.2, 0.25) is 0 Å². The van der Waals surface area contributed by atoms with Crippen molar-refractivity contribution in [3.63, 3.8) is 0 Å². The molecule has 2 aliphatic heterocycles. The smallest absolute Gasteiger partial charge is 0.255 e. The van der Waals surface area contributed by atoms with E-state index >= 15 is 0 Å². The zero-order chi connectivity index (χ0) is 35.9. The van der Waals surface area contributed by atoms with E-state index < -0.39 is 6.17 Å². The van der Waals surface area contributed by atoms with E-state index in [0.717, 1.165) is 28.1 Å². The normalized spacial score (nSPS) is 16.0. The molecular weight excluding hydrogens is 658 g/mol. The Bertz CT molecular complexity index is 1890. The summed E-state index contributed by atoms with van der Waals surface area (Å²) in [6, 6.07) is 20.3. The number of nitrogens with zero attached hydrogens (tertiary/aromatic N) is 1. The second-order valence-electron chi connectivity index (χ2n) is 11.6. The molecule has 4 aromatic rings. The average molecular weight is 700 g/mol. The highest BCUT2D eigenvalue weighted by molar-refractivity contribution is 6.03. The van der Waals surface area contributed by atoms with Gasteiger partial charge in [0.1, 0.15) is 11.9 Å². The number of amides is 1. The SMILES string of the molecule is COc1ccc2c(c1)C(=O)NC(c1ccc(OCCCOc3cc(C4CC(c5cc(OC)c(OC)c(OC)c5)=NO4)ccc3OC)c(OC)c1)N2. The van der Waals surface area contributed by atoms with Crippen LogP contribution in [0.15, 0.2) is 71.9 Å². The Labute approximate surface area is 296 Å². The van der Waals surface area contributed by atoms with Gasteiger partial charge in [0.2, 0.25) is 5.75 Å². The first-order chi connectivity index (χ1) is 24.9. The number of ether oxygens (including phenoxy) is 8. The minimum Gasteiger partial charge on any atom is -0.497 e. The second-order valence-corrected chi connectivity index (χ2v) is 11.6. The maximum absolute atomic E-state index is 12.8. The summed E-state index contributed by atoms with van der Waals surface area (Å²) in [5.41, 5.74) is 4.51. The summed E-state index contributed by atoms with van der Waals surface area (Å²) in [4.78, 5) is 18.7. The Morgan fingerprint density at radius 3 is 2.02 bits per heavy atom. The average Bonchev–Trinajstić information content (AvgIpc) is 3.67. The van der Waals surface area contributed by atoms with Crippen LogP contribution in [0.4, 0.5) is 5.69 Å². The molecule has 0 saturated heterocycles. The van der Waals surface area contributed by atoms with E-state index in [-0.39, 0.29) is 12.0 Å². The lowest BCUT2D eigenvalue weighted by molar-refractivity contribution is 0.0854. The molecule has 1 amide bonds. The standard InChI is InChI=1S/C38H41N3O10/c1-43-25-10-11-27-26(20-25)38(42)40-37(39-27)23-9-13-30(32(17-23)45-3)49-14-7-15-50-33-16-22(8-12-29(33)44-2)31-21-28(41-51-31)24-18-34(46-4)36(48-6)35(19-24)47-5/h8-13,16-20,31,37,39H,7,14-15,21H2,1-6H3,(H,40,42). The quantitative estimate of drug-likeness (QED) is 0.135. The topological polar surface area (TPSA) is 137 Å². The summed E-state index contributed by atoms with van der Waals surface area (Å²) in [5.74, 6) is 4.32. The van der Waals surface area contributed by atoms with Crippen LogP contribution in [0.25, 0.3) is 0 Å². The first-order valence-electron chi connectivity index (χ1n) is 16.3. The molecule has 2 aliphatic rings. The minimum atomic E-state index is -0.442. The van der Waals surface area contributed by atoms with Gasteiger partial charge in [0.15, 0.2) is 40.6 Å². The van der Waals surface area contributed by atoms with Crippen LogP contribution in [0, 0.1) is 0 Å². The Hall–Kier alpha value is -5.98. The first kappa shape index (κ1) is 34.9. The summed E-state index contributed by atoms with van der Waals surface area (Å²) in [7, 11) is 9.46. The number of benzene rings is 4. The van der Waals surface area contributed by atoms with Crippen LogP contribution >= 0.6 is 0 Å². The molecule has 0 fully saturated rings. The molecule has 0 aliphatic carbocycles. The van der Waals surface area contributed by atoms with Crippen molar-refractivity contribution in [2.24, 2.45) is 5.16 Å². The van der Waals surface area contributed by atoms with Crippen LogP contribution in [0.1, 0.15) is 52.2 Å². The molecule has 4 aromatic carbocycles. The van der Waals surface area contributed by atoms with Gasteiger partial charge in [-0.15, -0.1) is 0 Å². The van der Waals surface area contributed by atoms with E-state index in [1.54, 1.807) is 48.7 Å². The van der Waals surface area contributed by atoms with E-state index in [0.29, 0.717) is 77.6 Å². The molecule has 2 atom stereocenters. The first-order valence-corrected chi connectivity index (χ1v) is 16.3. The molecule has 2 unspecified atom stereocenters. The van der Waals surface area contributed by atoms with Gasteiger partial charge >= 0.3 is 0 Å². The van der Waals surface area contributed by atoms with Gasteiger partial charge in [-0.1, -0.05) is 17.3 Å². The predicted molar refractivity (Wildman–Crippen MR) is 189 cm³/mol. The molecule has 268 valence electrons. The van der Waals surface area contributed by atoms with Crippen LogP contribution in [-0.2, 0) is 4.84 Å². The summed E-state index contributed by atoms with van der Waals surface area (Å²) in [6.07, 6.45) is 0.363. The van der Waals surface area contributed by atoms with Gasteiger partial charge in [-0.05, 0) is 65.7 Å². The van der Waals surface area contributed by atoms with Crippen molar-refractivity contribution in [1.82, 2.24) is 5.32 Å². The summed E-state index contributed by atoms with van der Waals surface area (Å²) < 4.78 is 45.1. The predicted octanol–water partition coefficient (Wildman–Crippen LogP) is 6.31. The van der Waals surface area contributed by atoms with Gasteiger partial charge < -0.3 is 53.4 Å². The molecule has 13 heteroatoms. The van der Waals surface area contributed by atoms with Crippen molar-refractivity contribution in [2.45, 2.75) is 25.1 Å². The van der Waals surface area contributed by atoms with Gasteiger partial charge in [-0.2, -0.15) is 0 Å². The summed E-state index contributed by atoms with van der Waals surface area (Å²) in [6.45, 7) is 0.754. The molecule has 0 bridgehead atoms. The largest absolute Gasteiger partial charge is 0.497 e. The Balaban J connectivity index is 1.04. The van der Waals surface area contributed by atoms with E-state index in [9.17, 15) is 4.79 Å². The van der Waals surface area contributed by atoms with Gasteiger partial charge in [0.05, 0.1) is 67.1 Å². The minimum absolute atomic E-state index is 0.196. The molecule has 0 aromatic heterocycles. The monoisotopic (exact) mass is 699 g/mol. The number of oxime groups is 1. The fraction of sp³-hybridized carbons (Fsp3) is 0.316. The molecule has 2 heterocycles. The number of hydrogen-bond donors (Lipinski definition) is 2. The number of rotatable bonds is 15. The molecule has 0 saturated carbocycles. The van der Waals surface area contributed by atoms with Gasteiger partial charge in [0, 0.05) is 24.1 Å². The molecule has 0 spiro atoms. The van der Waals surface area contributed by atoms with Crippen LogP contribution in [0.3, 0.4) is 0 Å². The van der Waals surface area contributed by atoms with Crippen molar-refractivity contribution in [3.05, 3.63) is 89.0 Å². The van der Waals surface area contributed by atoms with E-state index in [1.807, 2.05) is 60.7 Å². The van der Waals surface area contributed by atoms with Crippen LogP contribution in [-0.4, -0.2) is 67.5 Å². The number of nitrogens with one attached hydrogen (secondary N) is 2. The third-order valence-corrected chi connectivity index (χ3v) is 8.60. The molecule has 2 N–H and O–H groups in total. The van der Waals surface area contributed by atoms with Crippen LogP contribution in [0.5, 0.6) is 46.0 Å². The zero-order valence-electron chi connectivity index (χ0n) is 29.4. The highest BCUT2D eigenvalue weighted by atomic mass is 16.6. The van der Waals surface area contributed by atoms with Crippen molar-refractivity contribution < 1.29 is 47.5 Å².